The van der Waals surface area contributed by atoms with Gasteiger partial charge in [0, 0.05) is 6.04 Å². The summed E-state index contributed by atoms with van der Waals surface area (Å²) in [5, 5.41) is 0. The normalized spacial score (nSPS) is 20.4. The summed E-state index contributed by atoms with van der Waals surface area (Å²) in [6.45, 7) is 4.69. The lowest BCUT2D eigenvalue weighted by atomic mass is 9.70. The van der Waals surface area contributed by atoms with E-state index in [-0.39, 0.29) is 6.04 Å². The molecule has 3 nitrogen and oxygen atoms in total. The molecule has 1 aliphatic carbocycles. The highest BCUT2D eigenvalue weighted by atomic mass is 16.5. The van der Waals surface area contributed by atoms with E-state index in [1.165, 1.54) is 25.7 Å². The average molecular weight is 277 g/mol. The van der Waals surface area contributed by atoms with E-state index in [4.69, 9.17) is 15.2 Å². The zero-order valence-electron chi connectivity index (χ0n) is 13.1. The maximum atomic E-state index is 6.55. The van der Waals surface area contributed by atoms with Crippen molar-refractivity contribution in [2.45, 2.75) is 45.6 Å². The fourth-order valence-electron chi connectivity index (χ4n) is 3.22. The lowest BCUT2D eigenvalue weighted by molar-refractivity contribution is 0.171. The Balaban J connectivity index is 2.23. The van der Waals surface area contributed by atoms with Gasteiger partial charge in [-0.15, -0.1) is 0 Å². The van der Waals surface area contributed by atoms with Crippen LogP contribution in [0.15, 0.2) is 18.2 Å². The molecule has 1 atom stereocenters. The first-order valence-electron chi connectivity index (χ1n) is 7.45. The van der Waals surface area contributed by atoms with E-state index in [9.17, 15) is 0 Å². The van der Waals surface area contributed by atoms with E-state index in [0.717, 1.165) is 17.1 Å². The molecule has 0 amide bonds. The van der Waals surface area contributed by atoms with Crippen molar-refractivity contribution in [2.24, 2.45) is 17.1 Å². The molecule has 0 radical (unpaired) electrons. The van der Waals surface area contributed by atoms with Crippen LogP contribution in [0.5, 0.6) is 11.5 Å². The van der Waals surface area contributed by atoms with Crippen molar-refractivity contribution in [3.8, 4) is 11.5 Å². The number of hydrogen-bond donors (Lipinski definition) is 1. The van der Waals surface area contributed by atoms with E-state index in [0.29, 0.717) is 11.3 Å². The number of ether oxygens (including phenoxy) is 2. The van der Waals surface area contributed by atoms with Gasteiger partial charge in [-0.3, -0.25) is 0 Å². The van der Waals surface area contributed by atoms with Crippen LogP contribution in [0.25, 0.3) is 0 Å². The van der Waals surface area contributed by atoms with Gasteiger partial charge in [0.2, 0.25) is 0 Å². The van der Waals surface area contributed by atoms with E-state index in [2.05, 4.69) is 13.8 Å². The van der Waals surface area contributed by atoms with Gasteiger partial charge in [-0.25, -0.2) is 0 Å². The minimum atomic E-state index is -0.0165. The van der Waals surface area contributed by atoms with Gasteiger partial charge < -0.3 is 15.2 Å². The summed E-state index contributed by atoms with van der Waals surface area (Å²) < 4.78 is 11.0. The van der Waals surface area contributed by atoms with Gasteiger partial charge in [0.1, 0.15) is 11.5 Å². The average Bonchev–Trinajstić information content (AvgIpc) is 2.45. The fourth-order valence-corrected chi connectivity index (χ4v) is 3.22. The van der Waals surface area contributed by atoms with Gasteiger partial charge in [-0.2, -0.15) is 0 Å². The maximum Gasteiger partial charge on any atom is 0.127 e. The lowest BCUT2D eigenvalue weighted by Crippen LogP contribution is -2.29. The van der Waals surface area contributed by atoms with E-state index in [1.54, 1.807) is 14.2 Å². The summed E-state index contributed by atoms with van der Waals surface area (Å²) in [6, 6.07) is 5.85. The predicted molar refractivity (Wildman–Crippen MR) is 82.2 cm³/mol. The second-order valence-corrected chi connectivity index (χ2v) is 6.60. The molecule has 3 heteroatoms. The summed E-state index contributed by atoms with van der Waals surface area (Å²) in [4.78, 5) is 0. The Hall–Kier alpha value is -1.22. The van der Waals surface area contributed by atoms with Crippen molar-refractivity contribution in [1.29, 1.82) is 0 Å². The standard InChI is InChI=1S/C17H27NO2/c1-17(2)10-8-12(9-11-17)16(18)15-13(19-3)6-5-7-14(15)20-4/h5-7,12,16H,8-11,18H2,1-4H3. The first-order chi connectivity index (χ1) is 9.48. The van der Waals surface area contributed by atoms with Gasteiger partial charge in [0.15, 0.2) is 0 Å². The van der Waals surface area contributed by atoms with Gasteiger partial charge in [0.05, 0.1) is 19.8 Å². The molecule has 1 aromatic rings. The van der Waals surface area contributed by atoms with Crippen molar-refractivity contribution in [3.05, 3.63) is 23.8 Å². The van der Waals surface area contributed by atoms with Crippen LogP contribution in [-0.2, 0) is 0 Å². The van der Waals surface area contributed by atoms with Crippen LogP contribution in [0.2, 0.25) is 0 Å². The summed E-state index contributed by atoms with van der Waals surface area (Å²) in [7, 11) is 3.38. The summed E-state index contributed by atoms with van der Waals surface area (Å²) in [6.07, 6.45) is 4.83. The van der Waals surface area contributed by atoms with Crippen LogP contribution < -0.4 is 15.2 Å². The molecule has 0 saturated heterocycles. The minimum Gasteiger partial charge on any atom is -0.496 e. The number of rotatable bonds is 4. The highest BCUT2D eigenvalue weighted by molar-refractivity contribution is 5.47. The number of methoxy groups -OCH3 is 2. The molecule has 0 aliphatic heterocycles. The molecule has 112 valence electrons. The topological polar surface area (TPSA) is 44.5 Å². The number of hydrogen-bond acceptors (Lipinski definition) is 3. The molecular weight excluding hydrogens is 250 g/mol. The van der Waals surface area contributed by atoms with Crippen molar-refractivity contribution in [1.82, 2.24) is 0 Å². The van der Waals surface area contributed by atoms with Crippen molar-refractivity contribution in [3.63, 3.8) is 0 Å². The van der Waals surface area contributed by atoms with Gasteiger partial charge in [0.25, 0.3) is 0 Å². The van der Waals surface area contributed by atoms with E-state index >= 15 is 0 Å². The van der Waals surface area contributed by atoms with Gasteiger partial charge >= 0.3 is 0 Å². The highest BCUT2D eigenvalue weighted by Gasteiger charge is 2.32. The summed E-state index contributed by atoms with van der Waals surface area (Å²) >= 11 is 0. The molecule has 1 saturated carbocycles. The SMILES string of the molecule is COc1cccc(OC)c1C(N)C1CCC(C)(C)CC1. The molecule has 2 N–H and O–H groups in total. The molecule has 0 spiro atoms. The number of nitrogens with two attached hydrogens (primary N) is 1. The van der Waals surface area contributed by atoms with Crippen LogP contribution in [0.3, 0.4) is 0 Å². The zero-order chi connectivity index (χ0) is 14.8. The van der Waals surface area contributed by atoms with Crippen molar-refractivity contribution >= 4 is 0 Å². The Morgan fingerprint density at radius 2 is 1.60 bits per heavy atom. The fraction of sp³-hybridized carbons (Fsp3) is 0.647. The highest BCUT2D eigenvalue weighted by Crippen LogP contribution is 2.45. The molecule has 0 aromatic heterocycles. The molecule has 1 aromatic carbocycles. The van der Waals surface area contributed by atoms with Crippen molar-refractivity contribution in [2.75, 3.05) is 14.2 Å². The predicted octanol–water partition coefficient (Wildman–Crippen LogP) is 3.92. The first-order valence-corrected chi connectivity index (χ1v) is 7.45. The van der Waals surface area contributed by atoms with Crippen LogP contribution in [0.4, 0.5) is 0 Å². The summed E-state index contributed by atoms with van der Waals surface area (Å²) in [5.41, 5.74) is 8.03. The smallest absolute Gasteiger partial charge is 0.127 e. The second-order valence-electron chi connectivity index (χ2n) is 6.60. The second kappa shape index (κ2) is 6.04. The Labute approximate surface area is 122 Å². The largest absolute Gasteiger partial charge is 0.496 e. The van der Waals surface area contributed by atoms with E-state index < -0.39 is 0 Å². The quantitative estimate of drug-likeness (QED) is 0.907. The third-order valence-electron chi connectivity index (χ3n) is 4.69. The lowest BCUT2D eigenvalue weighted by Gasteiger charge is -2.37. The van der Waals surface area contributed by atoms with Crippen LogP contribution in [0, 0.1) is 11.3 Å². The molecule has 20 heavy (non-hydrogen) atoms. The number of benzene rings is 1. The third-order valence-corrected chi connectivity index (χ3v) is 4.69. The van der Waals surface area contributed by atoms with Crippen LogP contribution in [0.1, 0.15) is 51.1 Å². The third kappa shape index (κ3) is 3.09. The summed E-state index contributed by atoms with van der Waals surface area (Å²) in [5.74, 6) is 2.18. The molecule has 1 unspecified atom stereocenters. The minimum absolute atomic E-state index is 0.0165. The van der Waals surface area contributed by atoms with Gasteiger partial charge in [-0.1, -0.05) is 19.9 Å². The Kier molecular flexibility index (Phi) is 4.59. The molecule has 0 heterocycles. The molecule has 1 fully saturated rings. The Morgan fingerprint density at radius 1 is 1.10 bits per heavy atom. The van der Waals surface area contributed by atoms with E-state index in [1.807, 2.05) is 18.2 Å². The first kappa shape index (κ1) is 15.2. The molecule has 1 aliphatic rings. The van der Waals surface area contributed by atoms with Crippen molar-refractivity contribution < 1.29 is 9.47 Å². The van der Waals surface area contributed by atoms with Crippen LogP contribution in [-0.4, -0.2) is 14.2 Å². The molecular formula is C17H27NO2. The Morgan fingerprint density at radius 3 is 2.05 bits per heavy atom. The Bertz CT molecular complexity index is 424. The molecule has 2 rings (SSSR count). The van der Waals surface area contributed by atoms with Crippen LogP contribution >= 0.6 is 0 Å². The zero-order valence-corrected chi connectivity index (χ0v) is 13.1. The monoisotopic (exact) mass is 277 g/mol. The van der Waals surface area contributed by atoms with Gasteiger partial charge in [-0.05, 0) is 49.1 Å². The molecule has 0 bridgehead atoms. The maximum absolute atomic E-state index is 6.55.